The van der Waals surface area contributed by atoms with Crippen molar-refractivity contribution in [2.45, 2.75) is 33.2 Å². The standard InChI is InChI=1S/C14H15F3O5/c1-8(2)12(18)20-9(3)21-13(19)22-11-7-5-4-6-10(11)14(15,16)17/h4-9H,1-3H3/t9-/m1/s1. The Morgan fingerprint density at radius 1 is 1.05 bits per heavy atom. The molecule has 0 unspecified atom stereocenters. The van der Waals surface area contributed by atoms with Crippen LogP contribution in [-0.2, 0) is 20.4 Å². The number of rotatable bonds is 4. The second kappa shape index (κ2) is 7.15. The van der Waals surface area contributed by atoms with Crippen molar-refractivity contribution < 1.29 is 37.0 Å². The van der Waals surface area contributed by atoms with Gasteiger partial charge in [0, 0.05) is 6.92 Å². The van der Waals surface area contributed by atoms with Gasteiger partial charge in [-0.2, -0.15) is 13.2 Å². The molecule has 0 aliphatic carbocycles. The molecule has 5 nitrogen and oxygen atoms in total. The largest absolute Gasteiger partial charge is 0.516 e. The van der Waals surface area contributed by atoms with Crippen LogP contribution in [0, 0.1) is 5.92 Å². The smallest absolute Gasteiger partial charge is 0.425 e. The first-order valence-corrected chi connectivity index (χ1v) is 6.36. The molecule has 1 aromatic carbocycles. The van der Waals surface area contributed by atoms with Crippen molar-refractivity contribution in [3.05, 3.63) is 29.8 Å². The van der Waals surface area contributed by atoms with E-state index in [2.05, 4.69) is 9.47 Å². The fourth-order valence-electron chi connectivity index (χ4n) is 1.36. The van der Waals surface area contributed by atoms with Crippen molar-refractivity contribution in [2.75, 3.05) is 0 Å². The number of benzene rings is 1. The van der Waals surface area contributed by atoms with Gasteiger partial charge in [0.25, 0.3) is 0 Å². The molecule has 122 valence electrons. The van der Waals surface area contributed by atoms with Gasteiger partial charge in [-0.25, -0.2) is 4.79 Å². The van der Waals surface area contributed by atoms with Crippen LogP contribution in [0.15, 0.2) is 24.3 Å². The topological polar surface area (TPSA) is 61.8 Å². The van der Waals surface area contributed by atoms with Crippen molar-refractivity contribution in [2.24, 2.45) is 5.92 Å². The second-order valence-electron chi connectivity index (χ2n) is 4.62. The molecule has 0 saturated heterocycles. The third-order valence-electron chi connectivity index (χ3n) is 2.40. The van der Waals surface area contributed by atoms with Gasteiger partial charge in [-0.05, 0) is 12.1 Å². The summed E-state index contributed by atoms with van der Waals surface area (Å²) in [7, 11) is 0. The molecule has 0 saturated carbocycles. The zero-order valence-electron chi connectivity index (χ0n) is 12.1. The zero-order chi connectivity index (χ0) is 16.9. The molecule has 22 heavy (non-hydrogen) atoms. The number of carbonyl (C=O) groups excluding carboxylic acids is 2. The number of hydrogen-bond donors (Lipinski definition) is 0. The molecular weight excluding hydrogens is 305 g/mol. The van der Waals surface area contributed by atoms with Gasteiger partial charge in [0.2, 0.25) is 6.29 Å². The van der Waals surface area contributed by atoms with E-state index in [1.54, 1.807) is 13.8 Å². The van der Waals surface area contributed by atoms with Crippen LogP contribution in [0.3, 0.4) is 0 Å². The van der Waals surface area contributed by atoms with Gasteiger partial charge >= 0.3 is 18.3 Å². The predicted molar refractivity (Wildman–Crippen MR) is 68.9 cm³/mol. The number of carbonyl (C=O) groups is 2. The van der Waals surface area contributed by atoms with Crippen molar-refractivity contribution >= 4 is 12.1 Å². The van der Waals surface area contributed by atoms with Crippen LogP contribution in [0.4, 0.5) is 18.0 Å². The maximum absolute atomic E-state index is 12.7. The van der Waals surface area contributed by atoms with E-state index in [9.17, 15) is 22.8 Å². The molecule has 0 aliphatic heterocycles. The first-order valence-electron chi connectivity index (χ1n) is 6.36. The zero-order valence-corrected chi connectivity index (χ0v) is 12.1. The van der Waals surface area contributed by atoms with Gasteiger partial charge in [-0.15, -0.1) is 0 Å². The Morgan fingerprint density at radius 2 is 1.64 bits per heavy atom. The molecule has 0 bridgehead atoms. The van der Waals surface area contributed by atoms with Crippen molar-refractivity contribution in [3.63, 3.8) is 0 Å². The number of halogens is 3. The van der Waals surface area contributed by atoms with Gasteiger partial charge in [0.15, 0.2) is 0 Å². The summed E-state index contributed by atoms with van der Waals surface area (Å²) in [5.74, 6) is -1.74. The summed E-state index contributed by atoms with van der Waals surface area (Å²) in [6.45, 7) is 4.40. The minimum atomic E-state index is -4.67. The summed E-state index contributed by atoms with van der Waals surface area (Å²) in [6, 6.07) is 4.19. The third-order valence-corrected chi connectivity index (χ3v) is 2.40. The lowest BCUT2D eigenvalue weighted by molar-refractivity contribution is -0.170. The van der Waals surface area contributed by atoms with Crippen molar-refractivity contribution in [1.82, 2.24) is 0 Å². The molecule has 0 N–H and O–H groups in total. The Labute approximate surface area is 125 Å². The highest BCUT2D eigenvalue weighted by molar-refractivity contribution is 5.72. The van der Waals surface area contributed by atoms with Gasteiger partial charge in [0.05, 0.1) is 11.5 Å². The van der Waals surface area contributed by atoms with E-state index in [-0.39, 0.29) is 0 Å². The lowest BCUT2D eigenvalue weighted by atomic mass is 10.2. The van der Waals surface area contributed by atoms with E-state index in [1.807, 2.05) is 0 Å². The fraction of sp³-hybridized carbons (Fsp3) is 0.429. The summed E-state index contributed by atoms with van der Waals surface area (Å²) in [4.78, 5) is 22.7. The second-order valence-corrected chi connectivity index (χ2v) is 4.62. The molecule has 0 spiro atoms. The Hall–Kier alpha value is -2.25. The monoisotopic (exact) mass is 320 g/mol. The average molecular weight is 320 g/mol. The molecule has 1 aromatic rings. The van der Waals surface area contributed by atoms with Gasteiger partial charge < -0.3 is 14.2 Å². The molecule has 1 rings (SSSR count). The quantitative estimate of drug-likeness (QED) is 0.480. The van der Waals surface area contributed by atoms with E-state index < -0.39 is 41.8 Å². The number of alkyl halides is 3. The molecular formula is C14H15F3O5. The third kappa shape index (κ3) is 5.27. The van der Waals surface area contributed by atoms with Crippen LogP contribution in [0.2, 0.25) is 0 Å². The lowest BCUT2D eigenvalue weighted by Crippen LogP contribution is -2.26. The Bertz CT molecular complexity index is 540. The molecule has 0 aliphatic rings. The molecule has 0 amide bonds. The van der Waals surface area contributed by atoms with Gasteiger partial charge in [-0.3, -0.25) is 4.79 Å². The lowest BCUT2D eigenvalue weighted by Gasteiger charge is -2.16. The minimum Gasteiger partial charge on any atom is -0.425 e. The van der Waals surface area contributed by atoms with E-state index in [0.29, 0.717) is 0 Å². The SMILES string of the molecule is CC(C)C(=O)O[C@@H](C)OC(=O)Oc1ccccc1C(F)(F)F. The molecule has 0 fully saturated rings. The Kier molecular flexibility index (Phi) is 5.78. The minimum absolute atomic E-state index is 0.437. The van der Waals surface area contributed by atoms with Crippen LogP contribution in [0.25, 0.3) is 0 Å². The summed E-state index contributed by atoms with van der Waals surface area (Å²) in [5.41, 5.74) is -1.11. The molecule has 0 aromatic heterocycles. The van der Waals surface area contributed by atoms with E-state index in [4.69, 9.17) is 4.74 Å². The van der Waals surface area contributed by atoms with E-state index in [1.165, 1.54) is 13.0 Å². The fourth-order valence-corrected chi connectivity index (χ4v) is 1.36. The Balaban J connectivity index is 2.69. The van der Waals surface area contributed by atoms with Crippen LogP contribution in [0.5, 0.6) is 5.75 Å². The summed E-state index contributed by atoms with van der Waals surface area (Å²) < 4.78 is 52.0. The molecule has 0 radical (unpaired) electrons. The summed E-state index contributed by atoms with van der Waals surface area (Å²) >= 11 is 0. The highest BCUT2D eigenvalue weighted by atomic mass is 19.4. The Morgan fingerprint density at radius 3 is 2.18 bits per heavy atom. The number of esters is 1. The highest BCUT2D eigenvalue weighted by Gasteiger charge is 2.35. The maximum Gasteiger partial charge on any atom is 0.516 e. The number of hydrogen-bond acceptors (Lipinski definition) is 5. The molecule has 1 atom stereocenters. The average Bonchev–Trinajstić information content (AvgIpc) is 2.37. The van der Waals surface area contributed by atoms with Gasteiger partial charge in [0.1, 0.15) is 5.75 Å². The maximum atomic E-state index is 12.7. The molecule has 0 heterocycles. The highest BCUT2D eigenvalue weighted by Crippen LogP contribution is 2.36. The number of para-hydroxylation sites is 1. The van der Waals surface area contributed by atoms with Crippen LogP contribution in [0.1, 0.15) is 26.3 Å². The van der Waals surface area contributed by atoms with E-state index >= 15 is 0 Å². The molecule has 8 heteroatoms. The predicted octanol–water partition coefficient (Wildman–Crippen LogP) is 3.77. The van der Waals surface area contributed by atoms with Crippen LogP contribution in [-0.4, -0.2) is 18.4 Å². The van der Waals surface area contributed by atoms with Crippen LogP contribution >= 0.6 is 0 Å². The van der Waals surface area contributed by atoms with Crippen LogP contribution < -0.4 is 4.74 Å². The van der Waals surface area contributed by atoms with Crippen molar-refractivity contribution in [3.8, 4) is 5.75 Å². The first-order chi connectivity index (χ1) is 10.1. The van der Waals surface area contributed by atoms with Crippen molar-refractivity contribution in [1.29, 1.82) is 0 Å². The first kappa shape index (κ1) is 17.8. The summed E-state index contributed by atoms with van der Waals surface area (Å²) in [6.07, 6.45) is -7.35. The summed E-state index contributed by atoms with van der Waals surface area (Å²) in [5, 5.41) is 0. The van der Waals surface area contributed by atoms with Gasteiger partial charge in [-0.1, -0.05) is 26.0 Å². The number of ether oxygens (including phenoxy) is 3. The van der Waals surface area contributed by atoms with E-state index in [0.717, 1.165) is 18.2 Å². The normalized spacial score (nSPS) is 12.7.